The van der Waals surface area contributed by atoms with E-state index < -0.39 is 5.79 Å². The molecule has 3 unspecified atom stereocenters. The number of nitrogens with zero attached hydrogens (tertiary/aromatic N) is 1. The van der Waals surface area contributed by atoms with Crippen LogP contribution in [0.3, 0.4) is 0 Å². The summed E-state index contributed by atoms with van der Waals surface area (Å²) in [5.74, 6) is -0.481. The molecular weight excluding hydrogens is 350 g/mol. The molecule has 0 amide bonds. The van der Waals surface area contributed by atoms with E-state index in [2.05, 4.69) is 76.9 Å². The fraction of sp³-hybridized carbons (Fsp3) is 0.750. The van der Waals surface area contributed by atoms with Gasteiger partial charge in [-0.15, -0.1) is 0 Å². The predicted molar refractivity (Wildman–Crippen MR) is 113 cm³/mol. The number of hydroxylamine groups is 2. The molecule has 0 radical (unpaired) electrons. The molecule has 1 aromatic carbocycles. The van der Waals surface area contributed by atoms with Gasteiger partial charge in [0.2, 0.25) is 0 Å². The molecule has 1 aromatic rings. The summed E-state index contributed by atoms with van der Waals surface area (Å²) in [6.07, 6.45) is 6.11. The Bertz CT molecular complexity index is 628. The second kappa shape index (κ2) is 8.43. The lowest BCUT2D eigenvalue weighted by Crippen LogP contribution is -2.67. The van der Waals surface area contributed by atoms with Crippen LogP contribution in [0.4, 0.5) is 0 Å². The Balaban J connectivity index is 1.86. The zero-order chi connectivity index (χ0) is 20.4. The maximum atomic E-state index is 6.69. The number of hydrogen-bond acceptors (Lipinski definition) is 4. The van der Waals surface area contributed by atoms with Crippen molar-refractivity contribution in [2.75, 3.05) is 6.61 Å². The number of hydrogen-bond donors (Lipinski definition) is 0. The van der Waals surface area contributed by atoms with Crippen molar-refractivity contribution >= 4 is 0 Å². The van der Waals surface area contributed by atoms with E-state index in [9.17, 15) is 0 Å². The highest BCUT2D eigenvalue weighted by Crippen LogP contribution is 2.52. The van der Waals surface area contributed by atoms with Gasteiger partial charge in [0.25, 0.3) is 0 Å². The van der Waals surface area contributed by atoms with E-state index in [1.165, 1.54) is 5.56 Å². The minimum Gasteiger partial charge on any atom is -0.347 e. The van der Waals surface area contributed by atoms with Crippen molar-refractivity contribution in [1.82, 2.24) is 5.06 Å². The molecule has 2 aliphatic rings. The molecule has 1 spiro atoms. The van der Waals surface area contributed by atoms with E-state index in [1.807, 2.05) is 0 Å². The molecule has 158 valence electrons. The summed E-state index contributed by atoms with van der Waals surface area (Å²) in [6.45, 7) is 14.1. The summed E-state index contributed by atoms with van der Waals surface area (Å²) in [5, 5.41) is 2.29. The highest BCUT2D eigenvalue weighted by molar-refractivity contribution is 5.17. The van der Waals surface area contributed by atoms with Gasteiger partial charge in [-0.05, 0) is 45.6 Å². The lowest BCUT2D eigenvalue weighted by Gasteiger charge is -2.59. The van der Waals surface area contributed by atoms with Gasteiger partial charge in [0.15, 0.2) is 5.79 Å². The Morgan fingerprint density at radius 3 is 2.39 bits per heavy atom. The van der Waals surface area contributed by atoms with E-state index in [-0.39, 0.29) is 23.3 Å². The molecular formula is C24H39NO3. The molecule has 0 aliphatic carbocycles. The van der Waals surface area contributed by atoms with Crippen molar-refractivity contribution in [1.29, 1.82) is 0 Å². The van der Waals surface area contributed by atoms with Crippen LogP contribution >= 0.6 is 0 Å². The molecule has 2 fully saturated rings. The quantitative estimate of drug-likeness (QED) is 0.570. The van der Waals surface area contributed by atoms with Crippen LogP contribution in [0.1, 0.15) is 91.7 Å². The number of rotatable bonds is 7. The van der Waals surface area contributed by atoms with E-state index in [0.717, 1.165) is 38.5 Å². The largest absolute Gasteiger partial charge is 0.347 e. The minimum atomic E-state index is -0.481. The molecule has 4 heteroatoms. The van der Waals surface area contributed by atoms with Gasteiger partial charge in [0.1, 0.15) is 6.10 Å². The van der Waals surface area contributed by atoms with Gasteiger partial charge in [-0.3, -0.25) is 4.84 Å². The third-order valence-corrected chi connectivity index (χ3v) is 6.65. The third kappa shape index (κ3) is 4.16. The van der Waals surface area contributed by atoms with Gasteiger partial charge >= 0.3 is 0 Å². The Hall–Kier alpha value is -0.940. The topological polar surface area (TPSA) is 30.9 Å². The molecule has 28 heavy (non-hydrogen) atoms. The molecule has 4 nitrogen and oxygen atoms in total. The molecule has 2 heterocycles. The van der Waals surface area contributed by atoms with Crippen LogP contribution in [0.25, 0.3) is 0 Å². The van der Waals surface area contributed by atoms with E-state index in [0.29, 0.717) is 6.61 Å². The van der Waals surface area contributed by atoms with Crippen molar-refractivity contribution in [2.45, 2.75) is 109 Å². The summed E-state index contributed by atoms with van der Waals surface area (Å²) in [7, 11) is 0. The molecule has 0 saturated carbocycles. The van der Waals surface area contributed by atoms with Crippen molar-refractivity contribution in [3.05, 3.63) is 35.9 Å². The van der Waals surface area contributed by atoms with Crippen LogP contribution in [0.15, 0.2) is 30.3 Å². The predicted octanol–water partition coefficient (Wildman–Crippen LogP) is 6.02. The van der Waals surface area contributed by atoms with Crippen LogP contribution in [0.2, 0.25) is 0 Å². The van der Waals surface area contributed by atoms with Gasteiger partial charge in [-0.1, -0.05) is 57.5 Å². The number of benzene rings is 1. The Morgan fingerprint density at radius 1 is 1.11 bits per heavy atom. The second-order valence-electron chi connectivity index (χ2n) is 9.30. The van der Waals surface area contributed by atoms with E-state index in [4.69, 9.17) is 14.3 Å². The average molecular weight is 390 g/mol. The maximum Gasteiger partial charge on any atom is 0.172 e. The maximum absolute atomic E-state index is 6.69. The van der Waals surface area contributed by atoms with Crippen LogP contribution < -0.4 is 0 Å². The summed E-state index contributed by atoms with van der Waals surface area (Å²) in [6, 6.07) is 10.5. The van der Waals surface area contributed by atoms with Gasteiger partial charge in [-0.25, -0.2) is 0 Å². The standard InChI is InChI=1S/C24H39NO3/c1-7-13-21-16-26-24(27-21)17-22(5,6)25(23(8-2,9-3)18-24)28-19(4)20-14-11-10-12-15-20/h10-12,14-15,19,21H,7-9,13,16-18H2,1-6H3. The van der Waals surface area contributed by atoms with Gasteiger partial charge in [-0.2, -0.15) is 5.06 Å². The molecule has 0 aromatic heterocycles. The first-order chi connectivity index (χ1) is 13.3. The lowest BCUT2D eigenvalue weighted by molar-refractivity contribution is -0.359. The number of piperidine rings is 1. The lowest BCUT2D eigenvalue weighted by atomic mass is 9.73. The van der Waals surface area contributed by atoms with Crippen LogP contribution in [0, 0.1) is 0 Å². The van der Waals surface area contributed by atoms with Crippen molar-refractivity contribution in [2.24, 2.45) is 0 Å². The van der Waals surface area contributed by atoms with E-state index >= 15 is 0 Å². The highest BCUT2D eigenvalue weighted by Gasteiger charge is 2.59. The third-order valence-electron chi connectivity index (χ3n) is 6.65. The Morgan fingerprint density at radius 2 is 1.79 bits per heavy atom. The molecule has 3 atom stereocenters. The first kappa shape index (κ1) is 21.8. The molecule has 2 aliphatic heterocycles. The van der Waals surface area contributed by atoms with Gasteiger partial charge in [0.05, 0.1) is 18.2 Å². The van der Waals surface area contributed by atoms with Crippen LogP contribution in [-0.4, -0.2) is 34.6 Å². The van der Waals surface area contributed by atoms with Crippen LogP contribution in [0.5, 0.6) is 0 Å². The summed E-state index contributed by atoms with van der Waals surface area (Å²) < 4.78 is 12.9. The van der Waals surface area contributed by atoms with Gasteiger partial charge in [0, 0.05) is 18.4 Å². The number of ether oxygens (including phenoxy) is 2. The average Bonchev–Trinajstić information content (AvgIpc) is 3.05. The monoisotopic (exact) mass is 389 g/mol. The SMILES string of the molecule is CCCC1COC2(CC(C)(C)N(OC(C)c3ccccc3)C(CC)(CC)C2)O1. The van der Waals surface area contributed by atoms with Crippen molar-refractivity contribution in [3.63, 3.8) is 0 Å². The fourth-order valence-corrected chi connectivity index (χ4v) is 5.26. The van der Waals surface area contributed by atoms with Crippen molar-refractivity contribution < 1.29 is 14.3 Å². The Labute approximate surface area is 171 Å². The summed E-state index contributed by atoms with van der Waals surface area (Å²) >= 11 is 0. The van der Waals surface area contributed by atoms with Gasteiger partial charge < -0.3 is 9.47 Å². The van der Waals surface area contributed by atoms with Crippen molar-refractivity contribution in [3.8, 4) is 0 Å². The summed E-state index contributed by atoms with van der Waals surface area (Å²) in [5.41, 5.74) is 0.913. The molecule has 0 bridgehead atoms. The first-order valence-electron chi connectivity index (χ1n) is 11.1. The molecule has 0 N–H and O–H groups in total. The second-order valence-corrected chi connectivity index (χ2v) is 9.30. The minimum absolute atomic E-state index is 0.00487. The molecule has 2 saturated heterocycles. The smallest absolute Gasteiger partial charge is 0.172 e. The zero-order valence-corrected chi connectivity index (χ0v) is 18.7. The zero-order valence-electron chi connectivity index (χ0n) is 18.7. The normalized spacial score (nSPS) is 30.6. The molecule has 3 rings (SSSR count). The Kier molecular flexibility index (Phi) is 6.55. The van der Waals surface area contributed by atoms with E-state index in [1.54, 1.807) is 0 Å². The van der Waals surface area contributed by atoms with Crippen LogP contribution in [-0.2, 0) is 14.3 Å². The first-order valence-corrected chi connectivity index (χ1v) is 11.1. The fourth-order valence-electron chi connectivity index (χ4n) is 5.26. The summed E-state index contributed by atoms with van der Waals surface area (Å²) in [4.78, 5) is 6.69. The highest BCUT2D eigenvalue weighted by atomic mass is 16.7.